The van der Waals surface area contributed by atoms with Crippen LogP contribution in [0.2, 0.25) is 0 Å². The van der Waals surface area contributed by atoms with Gasteiger partial charge in [-0.2, -0.15) is 9.97 Å². The van der Waals surface area contributed by atoms with Crippen molar-refractivity contribution in [2.24, 2.45) is 5.41 Å². The van der Waals surface area contributed by atoms with E-state index >= 15 is 4.39 Å². The summed E-state index contributed by atoms with van der Waals surface area (Å²) in [5.41, 5.74) is 0.137. The molecule has 2 aromatic carbocycles. The van der Waals surface area contributed by atoms with Crippen molar-refractivity contribution in [2.75, 3.05) is 38.3 Å². The zero-order valence-electron chi connectivity index (χ0n) is 24.5. The molecule has 4 atom stereocenters. The molecule has 8 nitrogen and oxygen atoms in total. The van der Waals surface area contributed by atoms with Gasteiger partial charge < -0.3 is 24.4 Å². The smallest absolute Gasteiger partial charge is 0.319 e. The summed E-state index contributed by atoms with van der Waals surface area (Å²) in [6.07, 6.45) is 13.8. The van der Waals surface area contributed by atoms with Crippen LogP contribution < -0.4 is 9.64 Å². The molecular formula is C34H33F2N5O3. The van der Waals surface area contributed by atoms with E-state index < -0.39 is 11.6 Å². The maximum atomic E-state index is 16.8. The second-order valence-corrected chi connectivity index (χ2v) is 12.8. The van der Waals surface area contributed by atoms with Crippen LogP contribution in [0.3, 0.4) is 0 Å². The fourth-order valence-corrected chi connectivity index (χ4v) is 8.29. The van der Waals surface area contributed by atoms with Crippen molar-refractivity contribution in [3.05, 3.63) is 47.7 Å². The molecule has 2 aromatic heterocycles. The van der Waals surface area contributed by atoms with Crippen molar-refractivity contribution in [2.45, 2.75) is 56.7 Å². The molecule has 4 aromatic rings. The fourth-order valence-electron chi connectivity index (χ4n) is 8.29. The first-order valence-electron chi connectivity index (χ1n) is 15.3. The van der Waals surface area contributed by atoms with Gasteiger partial charge in [0.25, 0.3) is 0 Å². The minimum atomic E-state index is -0.716. The third-order valence-electron chi connectivity index (χ3n) is 10.4. The standard InChI is InChI=1S/C34H33F2N5O3/c1-3-23-26(35)8-7-19-12-22(42)14-24(28(19)23)30-29(36)31-25(15-37-30)32(41-20-13-21(41)17-43-16-20)39-33(38-31)44-18-34-9-4-6-27(34)40(2)11-5-10-34/h1,7-8,12,14-15,20-21,27,42H,4-6,9-11,13,16-18H2,2H3/t20?,21?,27-,34-/m1/s1. The highest BCUT2D eigenvalue weighted by Gasteiger charge is 2.48. The Morgan fingerprint density at radius 2 is 1.98 bits per heavy atom. The molecular weight excluding hydrogens is 564 g/mol. The molecule has 4 aliphatic rings. The number of fused-ring (bicyclic) bond motifs is 5. The number of likely N-dealkylation sites (tertiary alicyclic amines) is 1. The van der Waals surface area contributed by atoms with E-state index in [4.69, 9.17) is 20.9 Å². The molecule has 1 saturated carbocycles. The number of hydrogen-bond donors (Lipinski definition) is 1. The van der Waals surface area contributed by atoms with E-state index in [0.29, 0.717) is 47.8 Å². The van der Waals surface area contributed by atoms with Crippen LogP contribution in [-0.2, 0) is 4.74 Å². The van der Waals surface area contributed by atoms with Crippen molar-refractivity contribution < 1.29 is 23.4 Å². The Hall–Kier alpha value is -4.07. The molecule has 0 radical (unpaired) electrons. The lowest BCUT2D eigenvalue weighted by Gasteiger charge is -2.53. The second-order valence-electron chi connectivity index (χ2n) is 12.8. The number of hydrogen-bond acceptors (Lipinski definition) is 8. The van der Waals surface area contributed by atoms with Crippen LogP contribution in [0.15, 0.2) is 30.5 Å². The van der Waals surface area contributed by atoms with Crippen LogP contribution in [0.1, 0.15) is 44.1 Å². The third kappa shape index (κ3) is 4.13. The predicted octanol–water partition coefficient (Wildman–Crippen LogP) is 5.43. The highest BCUT2D eigenvalue weighted by molar-refractivity contribution is 6.03. The summed E-state index contributed by atoms with van der Waals surface area (Å²) in [5.74, 6) is 1.52. The molecule has 44 heavy (non-hydrogen) atoms. The molecule has 8 rings (SSSR count). The number of aromatic hydroxyl groups is 1. The minimum absolute atomic E-state index is 0.0186. The monoisotopic (exact) mass is 597 g/mol. The number of halogens is 2. The average Bonchev–Trinajstić information content (AvgIpc) is 3.46. The number of nitrogens with zero attached hydrogens (tertiary/aromatic N) is 5. The number of terminal acetylenes is 1. The quantitative estimate of drug-likeness (QED) is 0.305. The SMILES string of the molecule is C#Cc1c(F)ccc2cc(O)cc(-c3ncc4c(N5C6COCC5C6)nc(OC[C@]56CCC[C@H]5N(C)CCC6)nc4c3F)c12. The minimum Gasteiger partial charge on any atom is -0.508 e. The van der Waals surface area contributed by atoms with Gasteiger partial charge in [-0.1, -0.05) is 18.4 Å². The lowest BCUT2D eigenvalue weighted by atomic mass is 9.76. The third-order valence-corrected chi connectivity index (χ3v) is 10.4. The molecule has 0 amide bonds. The van der Waals surface area contributed by atoms with Crippen LogP contribution in [-0.4, -0.2) is 76.5 Å². The Balaban J connectivity index is 1.28. The van der Waals surface area contributed by atoms with Crippen molar-refractivity contribution in [1.82, 2.24) is 19.9 Å². The molecule has 3 saturated heterocycles. The van der Waals surface area contributed by atoms with Gasteiger partial charge in [-0.25, -0.2) is 8.78 Å². The average molecular weight is 598 g/mol. The molecule has 2 bridgehead atoms. The van der Waals surface area contributed by atoms with Gasteiger partial charge in [0.05, 0.1) is 42.9 Å². The summed E-state index contributed by atoms with van der Waals surface area (Å²) in [7, 11) is 2.19. The maximum absolute atomic E-state index is 16.8. The van der Waals surface area contributed by atoms with Crippen molar-refractivity contribution in [3.8, 4) is 35.4 Å². The predicted molar refractivity (Wildman–Crippen MR) is 163 cm³/mol. The van der Waals surface area contributed by atoms with Gasteiger partial charge in [-0.15, -0.1) is 6.42 Å². The Morgan fingerprint density at radius 3 is 2.77 bits per heavy atom. The molecule has 1 N–H and O–H groups in total. The lowest BCUT2D eigenvalue weighted by Crippen LogP contribution is -2.64. The molecule has 10 heteroatoms. The van der Waals surface area contributed by atoms with Crippen molar-refractivity contribution >= 4 is 27.5 Å². The van der Waals surface area contributed by atoms with Crippen LogP contribution in [0.4, 0.5) is 14.6 Å². The molecule has 3 aliphatic heterocycles. The molecule has 4 fully saturated rings. The maximum Gasteiger partial charge on any atom is 0.319 e. The first-order valence-corrected chi connectivity index (χ1v) is 15.3. The molecule has 1 aliphatic carbocycles. The van der Waals surface area contributed by atoms with E-state index in [1.54, 1.807) is 6.20 Å². The van der Waals surface area contributed by atoms with Crippen LogP contribution >= 0.6 is 0 Å². The van der Waals surface area contributed by atoms with E-state index in [9.17, 15) is 9.50 Å². The van der Waals surface area contributed by atoms with E-state index in [-0.39, 0.29) is 51.6 Å². The summed E-state index contributed by atoms with van der Waals surface area (Å²) in [5, 5.41) is 11.7. The highest BCUT2D eigenvalue weighted by atomic mass is 19.1. The first-order chi connectivity index (χ1) is 21.4. The van der Waals surface area contributed by atoms with Crippen LogP contribution in [0.5, 0.6) is 11.8 Å². The Labute approximate surface area is 254 Å². The number of morpholine rings is 1. The van der Waals surface area contributed by atoms with E-state index in [1.807, 2.05) is 0 Å². The number of aromatic nitrogens is 3. The zero-order valence-corrected chi connectivity index (χ0v) is 24.5. The molecule has 0 spiro atoms. The van der Waals surface area contributed by atoms with Crippen LogP contribution in [0.25, 0.3) is 32.9 Å². The largest absolute Gasteiger partial charge is 0.508 e. The number of benzene rings is 2. The van der Waals surface area contributed by atoms with Crippen molar-refractivity contribution in [1.29, 1.82) is 0 Å². The topological polar surface area (TPSA) is 83.8 Å². The molecule has 5 heterocycles. The first kappa shape index (κ1) is 27.5. The summed E-state index contributed by atoms with van der Waals surface area (Å²) in [6.45, 7) is 2.68. The fraction of sp³-hybridized carbons (Fsp3) is 0.441. The van der Waals surface area contributed by atoms with E-state index in [1.165, 1.54) is 24.3 Å². The summed E-state index contributed by atoms with van der Waals surface area (Å²) in [6, 6.07) is 6.39. The summed E-state index contributed by atoms with van der Waals surface area (Å²) < 4.78 is 43.7. The lowest BCUT2D eigenvalue weighted by molar-refractivity contribution is 0.00862. The normalized spacial score (nSPS) is 26.4. The highest BCUT2D eigenvalue weighted by Crippen LogP contribution is 2.48. The second kappa shape index (κ2) is 10.2. The summed E-state index contributed by atoms with van der Waals surface area (Å²) >= 11 is 0. The molecule has 2 unspecified atom stereocenters. The zero-order chi connectivity index (χ0) is 30.2. The van der Waals surface area contributed by atoms with Gasteiger partial charge >= 0.3 is 6.01 Å². The number of phenolic OH excluding ortho intramolecular Hbond substituents is 1. The van der Waals surface area contributed by atoms with Gasteiger partial charge in [0.1, 0.15) is 28.6 Å². The number of piperidine rings is 1. The Bertz CT molecular complexity index is 1850. The Morgan fingerprint density at radius 1 is 1.16 bits per heavy atom. The number of anilines is 1. The number of pyridine rings is 1. The number of rotatable bonds is 5. The van der Waals surface area contributed by atoms with Gasteiger partial charge in [0.2, 0.25) is 0 Å². The van der Waals surface area contributed by atoms with Gasteiger partial charge in [0, 0.05) is 28.6 Å². The van der Waals surface area contributed by atoms with E-state index in [0.717, 1.165) is 45.1 Å². The van der Waals surface area contributed by atoms with Crippen molar-refractivity contribution in [3.63, 3.8) is 0 Å². The van der Waals surface area contributed by atoms with E-state index in [2.05, 4.69) is 32.7 Å². The summed E-state index contributed by atoms with van der Waals surface area (Å²) in [4.78, 5) is 18.6. The molecule has 226 valence electrons. The number of phenols is 1. The Kier molecular flexibility index (Phi) is 6.40. The van der Waals surface area contributed by atoms with Crippen LogP contribution in [0, 0.1) is 29.4 Å². The van der Waals surface area contributed by atoms with Gasteiger partial charge in [0.15, 0.2) is 5.82 Å². The number of ether oxygens (including phenoxy) is 2. The van der Waals surface area contributed by atoms with Gasteiger partial charge in [-0.3, -0.25) is 4.98 Å². The van der Waals surface area contributed by atoms with Gasteiger partial charge in [-0.05, 0) is 69.3 Å².